The fourth-order valence-corrected chi connectivity index (χ4v) is 5.71. The minimum atomic E-state index is -0.547. The summed E-state index contributed by atoms with van der Waals surface area (Å²) >= 11 is 31.3. The molecule has 29 heavy (non-hydrogen) atoms. The number of alkyl halides is 5. The van der Waals surface area contributed by atoms with Crippen LogP contribution in [0.5, 0.6) is 0 Å². The molecule has 0 aromatic carbocycles. The van der Waals surface area contributed by atoms with Crippen molar-refractivity contribution in [2.75, 3.05) is 20.3 Å². The van der Waals surface area contributed by atoms with Gasteiger partial charge >= 0.3 is 6.21 Å². The summed E-state index contributed by atoms with van der Waals surface area (Å²) in [5.41, 5.74) is 8.56. The van der Waals surface area contributed by atoms with Crippen LogP contribution in [0, 0.1) is 5.92 Å². The average Bonchev–Trinajstić information content (AvgIpc) is 2.72. The quantitative estimate of drug-likeness (QED) is 0.155. The summed E-state index contributed by atoms with van der Waals surface area (Å²) in [5, 5.41) is -2.71. The smallest absolute Gasteiger partial charge is 0.323 e. The Kier molecular flexibility index (Phi) is 11.0. The first kappa shape index (κ1) is 25.6. The number of methoxy groups -OCH3 is 1. The van der Waals surface area contributed by atoms with Gasteiger partial charge in [-0.2, -0.15) is 4.79 Å². The molecule has 0 radical (unpaired) electrons. The van der Waals surface area contributed by atoms with Gasteiger partial charge in [0.15, 0.2) is 0 Å². The van der Waals surface area contributed by atoms with Crippen molar-refractivity contribution in [3.05, 3.63) is 5.53 Å². The maximum Gasteiger partial charge on any atom is 0.323 e. The summed E-state index contributed by atoms with van der Waals surface area (Å²) in [7, 11) is 1.63. The first-order valence-electron chi connectivity index (χ1n) is 9.49. The van der Waals surface area contributed by atoms with Crippen LogP contribution in [-0.2, 0) is 19.0 Å². The third kappa shape index (κ3) is 6.68. The van der Waals surface area contributed by atoms with Gasteiger partial charge in [-0.1, -0.05) is 0 Å². The maximum atomic E-state index is 11.9. The van der Waals surface area contributed by atoms with Crippen molar-refractivity contribution >= 4 is 70.0 Å². The second-order valence-electron chi connectivity index (χ2n) is 7.25. The Hall–Kier alpha value is 0.380. The van der Waals surface area contributed by atoms with Crippen LogP contribution in [0.1, 0.15) is 25.7 Å². The zero-order chi connectivity index (χ0) is 21.6. The molecule has 0 aromatic heterocycles. The molecular formula is C18H25Cl5N2O4. The first-order chi connectivity index (χ1) is 13.8. The van der Waals surface area contributed by atoms with Gasteiger partial charge in [0.25, 0.3) is 0 Å². The number of hydrogen-bond donors (Lipinski definition) is 0. The number of rotatable bonds is 9. The van der Waals surface area contributed by atoms with E-state index >= 15 is 0 Å². The molecule has 2 fully saturated rings. The molecule has 11 heteroatoms. The number of halogens is 5. The monoisotopic (exact) mass is 508 g/mol. The zero-order valence-corrected chi connectivity index (χ0v) is 19.7. The molecule has 0 heterocycles. The highest BCUT2D eigenvalue weighted by Gasteiger charge is 2.48. The lowest BCUT2D eigenvalue weighted by Gasteiger charge is -2.40. The average molecular weight is 511 g/mol. The molecule has 6 nitrogen and oxygen atoms in total. The van der Waals surface area contributed by atoms with Crippen molar-refractivity contribution in [1.29, 1.82) is 0 Å². The van der Waals surface area contributed by atoms with Gasteiger partial charge in [-0.3, -0.25) is 4.79 Å². The lowest BCUT2D eigenvalue weighted by atomic mass is 9.83. The van der Waals surface area contributed by atoms with Gasteiger partial charge < -0.3 is 19.7 Å². The fourth-order valence-electron chi connectivity index (χ4n) is 3.73. The highest BCUT2D eigenvalue weighted by molar-refractivity contribution is 6.41. The van der Waals surface area contributed by atoms with E-state index in [0.717, 1.165) is 6.21 Å². The number of hydrogen-bond acceptors (Lipinski definition) is 4. The summed E-state index contributed by atoms with van der Waals surface area (Å²) in [4.78, 5) is 14.8. The second kappa shape index (κ2) is 12.4. The van der Waals surface area contributed by atoms with Gasteiger partial charge in [-0.25, -0.2) is 0 Å². The van der Waals surface area contributed by atoms with Crippen molar-refractivity contribution in [1.82, 2.24) is 0 Å². The van der Waals surface area contributed by atoms with Crippen LogP contribution in [0.15, 0.2) is 0 Å². The van der Waals surface area contributed by atoms with Gasteiger partial charge in [0, 0.05) is 26.2 Å². The molecule has 2 aliphatic rings. The van der Waals surface area contributed by atoms with E-state index in [1.165, 1.54) is 0 Å². The van der Waals surface area contributed by atoms with E-state index in [9.17, 15) is 4.79 Å². The van der Waals surface area contributed by atoms with Gasteiger partial charge in [-0.05, 0) is 25.7 Å². The molecule has 166 valence electrons. The normalized spacial score (nSPS) is 40.3. The minimum absolute atomic E-state index is 0.0847. The molecule has 7 atom stereocenters. The largest absolute Gasteiger partial charge is 0.379 e. The Bertz CT molecular complexity index is 579. The Balaban J connectivity index is 1.78. The second-order valence-corrected chi connectivity index (χ2v) is 9.77. The van der Waals surface area contributed by atoms with Crippen LogP contribution in [0.25, 0.3) is 5.53 Å². The van der Waals surface area contributed by atoms with Gasteiger partial charge in [0.2, 0.25) is 5.78 Å². The number of ketones is 1. The summed E-state index contributed by atoms with van der Waals surface area (Å²) in [5.74, 6) is -0.443. The highest BCUT2D eigenvalue weighted by Crippen LogP contribution is 2.39. The van der Waals surface area contributed by atoms with E-state index in [1.54, 1.807) is 7.11 Å². The van der Waals surface area contributed by atoms with E-state index in [1.807, 2.05) is 0 Å². The van der Waals surface area contributed by atoms with Crippen molar-refractivity contribution in [3.63, 3.8) is 0 Å². The SMILES string of the molecule is COC1CCC(C(=O)C=[N+]=[N-])CC1OCCCOC1C(Cl)C(Cl)C(Cl)C(Cl)C1Cl. The van der Waals surface area contributed by atoms with Gasteiger partial charge in [0.1, 0.15) is 0 Å². The summed E-state index contributed by atoms with van der Waals surface area (Å²) < 4.78 is 17.3. The molecular weight excluding hydrogens is 485 g/mol. The first-order valence-corrected chi connectivity index (χ1v) is 11.7. The fraction of sp³-hybridized carbons (Fsp3) is 0.889. The van der Waals surface area contributed by atoms with E-state index in [0.29, 0.717) is 38.9 Å². The molecule has 0 amide bonds. The minimum Gasteiger partial charge on any atom is -0.379 e. The number of carbonyl (C=O) groups is 1. The van der Waals surface area contributed by atoms with E-state index < -0.39 is 33.0 Å². The predicted molar refractivity (Wildman–Crippen MR) is 115 cm³/mol. The zero-order valence-electron chi connectivity index (χ0n) is 15.9. The number of Topliss-reactive ketones (excluding diaryl/α,β-unsaturated/α-hetero) is 1. The number of nitrogens with zero attached hydrogens (tertiary/aromatic N) is 2. The molecule has 0 N–H and O–H groups in total. The molecule has 0 saturated heterocycles. The van der Waals surface area contributed by atoms with Crippen molar-refractivity contribution in [3.8, 4) is 0 Å². The Morgan fingerprint density at radius 2 is 1.55 bits per heavy atom. The van der Waals surface area contributed by atoms with Crippen molar-refractivity contribution < 1.29 is 23.8 Å². The van der Waals surface area contributed by atoms with Crippen LogP contribution in [0.4, 0.5) is 0 Å². The van der Waals surface area contributed by atoms with Crippen molar-refractivity contribution in [2.45, 2.75) is 70.9 Å². The molecule has 0 bridgehead atoms. The topological polar surface area (TPSA) is 81.2 Å². The molecule has 7 unspecified atom stereocenters. The van der Waals surface area contributed by atoms with Crippen LogP contribution in [0.2, 0.25) is 0 Å². The number of carbonyl (C=O) groups excluding carboxylic acids is 1. The van der Waals surface area contributed by atoms with Crippen LogP contribution < -0.4 is 0 Å². The lowest BCUT2D eigenvalue weighted by molar-refractivity contribution is -0.128. The predicted octanol–water partition coefficient (Wildman–Crippen LogP) is 3.88. The third-order valence-electron chi connectivity index (χ3n) is 5.40. The summed E-state index contributed by atoms with van der Waals surface area (Å²) in [6.45, 7) is 0.778. The Labute approximate surface area is 196 Å². The summed E-state index contributed by atoms with van der Waals surface area (Å²) in [6, 6.07) is 0. The summed E-state index contributed by atoms with van der Waals surface area (Å²) in [6.07, 6.45) is 2.60. The molecule has 2 rings (SSSR count). The van der Waals surface area contributed by atoms with E-state index in [2.05, 4.69) is 4.79 Å². The van der Waals surface area contributed by atoms with Crippen LogP contribution in [-0.4, -0.2) is 82.3 Å². The molecule has 0 spiro atoms. The number of ether oxygens (including phenoxy) is 3. The van der Waals surface area contributed by atoms with Crippen LogP contribution >= 0.6 is 58.0 Å². The lowest BCUT2D eigenvalue weighted by Crippen LogP contribution is -2.55. The maximum absolute atomic E-state index is 11.9. The van der Waals surface area contributed by atoms with Gasteiger partial charge in [-0.15, -0.1) is 58.0 Å². The molecule has 0 aliphatic heterocycles. The Morgan fingerprint density at radius 3 is 2.14 bits per heavy atom. The van der Waals surface area contributed by atoms with Crippen molar-refractivity contribution in [2.24, 2.45) is 5.92 Å². The van der Waals surface area contributed by atoms with E-state index in [-0.39, 0.29) is 23.9 Å². The highest BCUT2D eigenvalue weighted by atomic mass is 35.5. The van der Waals surface area contributed by atoms with Gasteiger partial charge in [0.05, 0.1) is 45.2 Å². The van der Waals surface area contributed by atoms with Crippen LogP contribution in [0.3, 0.4) is 0 Å². The Morgan fingerprint density at radius 1 is 0.966 bits per heavy atom. The standard InChI is InChI=1S/C18H25Cl5N2O4/c1-27-11-4-3-9(10(26)8-25-24)7-12(11)28-5-2-6-29-18-16(22)14(20)13(19)15(21)17(18)23/h8-9,11-18H,2-7H2,1H3. The molecule has 2 saturated carbocycles. The third-order valence-corrected chi connectivity index (χ3v) is 8.58. The molecule has 0 aromatic rings. The van der Waals surface area contributed by atoms with E-state index in [4.69, 9.17) is 77.7 Å². The molecule has 2 aliphatic carbocycles.